The molecule has 4 N–H and O–H groups in total. The summed E-state index contributed by atoms with van der Waals surface area (Å²) < 4.78 is 1.50. The lowest BCUT2D eigenvalue weighted by Gasteiger charge is -1.99. The van der Waals surface area contributed by atoms with Gasteiger partial charge in [-0.1, -0.05) is 11.6 Å². The van der Waals surface area contributed by atoms with Crippen molar-refractivity contribution in [2.75, 3.05) is 11.5 Å². The second-order valence-electron chi connectivity index (χ2n) is 3.15. The Bertz CT molecular complexity index is 486. The number of nitrogens with two attached hydrogens (primary N) is 2. The first kappa shape index (κ1) is 9.79. The average molecular weight is 224 g/mol. The highest BCUT2D eigenvalue weighted by Crippen LogP contribution is 2.25. The molecule has 0 amide bonds. The molecule has 2 rings (SSSR count). The minimum absolute atomic E-state index is 0.359. The Morgan fingerprint density at radius 2 is 2.07 bits per heavy atom. The van der Waals surface area contributed by atoms with Crippen LogP contribution in [0.3, 0.4) is 0 Å². The quantitative estimate of drug-likeness (QED) is 0.714. The first-order chi connectivity index (χ1) is 7.08. The van der Waals surface area contributed by atoms with E-state index in [0.29, 0.717) is 22.5 Å². The van der Waals surface area contributed by atoms with E-state index >= 15 is 0 Å². The Morgan fingerprint density at radius 1 is 1.33 bits per heavy atom. The van der Waals surface area contributed by atoms with Gasteiger partial charge >= 0.3 is 0 Å². The van der Waals surface area contributed by atoms with Gasteiger partial charge in [0.05, 0.1) is 10.7 Å². The number of hydrogen-bond acceptors (Lipinski definition) is 4. The zero-order chi connectivity index (χ0) is 11.0. The van der Waals surface area contributed by atoms with Gasteiger partial charge in [-0.25, -0.2) is 4.68 Å². The van der Waals surface area contributed by atoms with E-state index in [9.17, 15) is 0 Å². The van der Waals surface area contributed by atoms with Crippen LogP contribution in [0.5, 0.6) is 0 Å². The fourth-order valence-electron chi connectivity index (χ4n) is 1.19. The standard InChI is InChI=1S/C9H10ClN5/c1-15-9(12)13-8(14-15)5-2-3-7(11)6(10)4-5/h2-4H,11H2,1H3,(H2,12,13,14). The average Bonchev–Trinajstić information content (AvgIpc) is 2.52. The van der Waals surface area contributed by atoms with Crippen molar-refractivity contribution in [2.24, 2.45) is 7.05 Å². The number of nitrogen functional groups attached to an aromatic ring is 2. The van der Waals surface area contributed by atoms with Crippen molar-refractivity contribution in [1.29, 1.82) is 0 Å². The van der Waals surface area contributed by atoms with Gasteiger partial charge in [0, 0.05) is 12.6 Å². The summed E-state index contributed by atoms with van der Waals surface area (Å²) in [7, 11) is 1.73. The molecule has 0 bridgehead atoms. The molecule has 6 heteroatoms. The van der Waals surface area contributed by atoms with E-state index in [2.05, 4.69) is 10.1 Å². The molecule has 5 nitrogen and oxygen atoms in total. The van der Waals surface area contributed by atoms with Crippen LogP contribution in [-0.4, -0.2) is 14.8 Å². The van der Waals surface area contributed by atoms with Gasteiger partial charge in [-0.3, -0.25) is 0 Å². The van der Waals surface area contributed by atoms with Crippen molar-refractivity contribution in [3.63, 3.8) is 0 Å². The van der Waals surface area contributed by atoms with Crippen LogP contribution in [0, 0.1) is 0 Å². The number of rotatable bonds is 1. The topological polar surface area (TPSA) is 82.8 Å². The predicted octanol–water partition coefficient (Wildman–Crippen LogP) is 1.30. The lowest BCUT2D eigenvalue weighted by atomic mass is 10.2. The fraction of sp³-hybridized carbons (Fsp3) is 0.111. The molecule has 0 atom stereocenters. The highest BCUT2D eigenvalue weighted by atomic mass is 35.5. The maximum atomic E-state index is 5.89. The van der Waals surface area contributed by atoms with E-state index < -0.39 is 0 Å². The summed E-state index contributed by atoms with van der Waals surface area (Å²) in [6.45, 7) is 0. The Hall–Kier alpha value is -1.75. The molecule has 2 aromatic rings. The van der Waals surface area contributed by atoms with Crippen LogP contribution in [0.25, 0.3) is 11.4 Å². The van der Waals surface area contributed by atoms with Crippen molar-refractivity contribution >= 4 is 23.2 Å². The minimum atomic E-state index is 0.359. The highest BCUT2D eigenvalue weighted by Gasteiger charge is 2.07. The SMILES string of the molecule is Cn1nc(-c2ccc(N)c(Cl)c2)nc1N. The third-order valence-corrected chi connectivity index (χ3v) is 2.38. The van der Waals surface area contributed by atoms with Crippen LogP contribution in [0.1, 0.15) is 0 Å². The number of hydrogen-bond donors (Lipinski definition) is 2. The zero-order valence-electron chi connectivity index (χ0n) is 8.11. The fourth-order valence-corrected chi connectivity index (χ4v) is 1.37. The summed E-state index contributed by atoms with van der Waals surface area (Å²) in [5.74, 6) is 0.898. The maximum absolute atomic E-state index is 5.89. The Balaban J connectivity index is 2.49. The molecule has 0 aliphatic rings. The van der Waals surface area contributed by atoms with Gasteiger partial charge in [0.15, 0.2) is 5.82 Å². The molecule has 0 unspecified atom stereocenters. The van der Waals surface area contributed by atoms with E-state index in [-0.39, 0.29) is 0 Å². The predicted molar refractivity (Wildman–Crippen MR) is 60.3 cm³/mol. The first-order valence-electron chi connectivity index (χ1n) is 4.30. The van der Waals surface area contributed by atoms with Crippen LogP contribution in [-0.2, 0) is 7.05 Å². The van der Waals surface area contributed by atoms with Crippen molar-refractivity contribution in [2.45, 2.75) is 0 Å². The molecule has 78 valence electrons. The van der Waals surface area contributed by atoms with E-state index in [0.717, 1.165) is 5.56 Å². The molecule has 1 aromatic carbocycles. The summed E-state index contributed by atoms with van der Waals surface area (Å²) in [6, 6.07) is 5.23. The van der Waals surface area contributed by atoms with Crippen LogP contribution in [0.4, 0.5) is 11.6 Å². The van der Waals surface area contributed by atoms with Gasteiger partial charge in [0.1, 0.15) is 0 Å². The molecule has 0 saturated heterocycles. The Kier molecular flexibility index (Phi) is 2.24. The molecule has 0 aliphatic carbocycles. The number of aromatic nitrogens is 3. The largest absolute Gasteiger partial charge is 0.398 e. The second-order valence-corrected chi connectivity index (χ2v) is 3.56. The molecule has 0 fully saturated rings. The Labute approximate surface area is 91.7 Å². The summed E-state index contributed by atoms with van der Waals surface area (Å²) in [4.78, 5) is 4.08. The van der Waals surface area contributed by atoms with E-state index in [1.54, 1.807) is 25.2 Å². The van der Waals surface area contributed by atoms with Crippen molar-refractivity contribution in [1.82, 2.24) is 14.8 Å². The molecule has 0 aliphatic heterocycles. The molecular weight excluding hydrogens is 214 g/mol. The van der Waals surface area contributed by atoms with Gasteiger partial charge in [-0.05, 0) is 18.2 Å². The van der Waals surface area contributed by atoms with E-state index in [4.69, 9.17) is 23.1 Å². The molecule has 15 heavy (non-hydrogen) atoms. The molecule has 0 spiro atoms. The van der Waals surface area contributed by atoms with E-state index in [1.165, 1.54) is 4.68 Å². The molecule has 1 heterocycles. The lowest BCUT2D eigenvalue weighted by molar-refractivity contribution is 0.781. The lowest BCUT2D eigenvalue weighted by Crippen LogP contribution is -1.97. The normalized spacial score (nSPS) is 10.5. The van der Waals surface area contributed by atoms with Crippen LogP contribution in [0.2, 0.25) is 5.02 Å². The number of halogens is 1. The number of nitrogens with zero attached hydrogens (tertiary/aromatic N) is 3. The number of anilines is 2. The van der Waals surface area contributed by atoms with Gasteiger partial charge < -0.3 is 11.5 Å². The monoisotopic (exact) mass is 223 g/mol. The number of aryl methyl sites for hydroxylation is 1. The van der Waals surface area contributed by atoms with Crippen molar-refractivity contribution in [3.05, 3.63) is 23.2 Å². The minimum Gasteiger partial charge on any atom is -0.398 e. The van der Waals surface area contributed by atoms with Gasteiger partial charge in [0.2, 0.25) is 5.95 Å². The summed E-state index contributed by atoms with van der Waals surface area (Å²) in [6.07, 6.45) is 0. The molecule has 0 radical (unpaired) electrons. The van der Waals surface area contributed by atoms with Crippen LogP contribution < -0.4 is 11.5 Å². The molecule has 1 aromatic heterocycles. The summed E-state index contributed by atoms with van der Waals surface area (Å²) in [5.41, 5.74) is 12.5. The maximum Gasteiger partial charge on any atom is 0.218 e. The van der Waals surface area contributed by atoms with Crippen molar-refractivity contribution in [3.8, 4) is 11.4 Å². The third kappa shape index (κ3) is 1.73. The van der Waals surface area contributed by atoms with Crippen LogP contribution >= 0.6 is 11.6 Å². The summed E-state index contributed by atoms with van der Waals surface area (Å²) in [5, 5.41) is 4.62. The van der Waals surface area contributed by atoms with Gasteiger partial charge in [0.25, 0.3) is 0 Å². The second kappa shape index (κ2) is 3.43. The van der Waals surface area contributed by atoms with Gasteiger partial charge in [-0.15, -0.1) is 5.10 Å². The van der Waals surface area contributed by atoms with Crippen molar-refractivity contribution < 1.29 is 0 Å². The highest BCUT2D eigenvalue weighted by molar-refractivity contribution is 6.33. The first-order valence-corrected chi connectivity index (χ1v) is 4.67. The van der Waals surface area contributed by atoms with Crippen LogP contribution in [0.15, 0.2) is 18.2 Å². The van der Waals surface area contributed by atoms with E-state index in [1.807, 2.05) is 0 Å². The Morgan fingerprint density at radius 3 is 2.60 bits per heavy atom. The molecular formula is C9H10ClN5. The van der Waals surface area contributed by atoms with Gasteiger partial charge in [-0.2, -0.15) is 4.98 Å². The molecule has 0 saturated carbocycles. The zero-order valence-corrected chi connectivity index (χ0v) is 8.86. The third-order valence-electron chi connectivity index (χ3n) is 2.06. The smallest absolute Gasteiger partial charge is 0.218 e. The number of benzene rings is 1. The summed E-state index contributed by atoms with van der Waals surface area (Å²) >= 11 is 5.89.